The van der Waals surface area contributed by atoms with Gasteiger partial charge in [0.15, 0.2) is 0 Å². The molecule has 1 aliphatic rings. The van der Waals surface area contributed by atoms with Gasteiger partial charge >= 0.3 is 0 Å². The number of thiol groups is 1. The van der Waals surface area contributed by atoms with E-state index in [2.05, 4.69) is 19.6 Å². The van der Waals surface area contributed by atoms with Crippen LogP contribution >= 0.6 is 12.6 Å². The van der Waals surface area contributed by atoms with Gasteiger partial charge in [0.1, 0.15) is 0 Å². The number of hydrogen-bond donors (Lipinski definition) is 2. The molecule has 0 aliphatic heterocycles. The van der Waals surface area contributed by atoms with Gasteiger partial charge in [-0.3, -0.25) is 0 Å². The first-order valence-electron chi connectivity index (χ1n) is 2.62. The van der Waals surface area contributed by atoms with Crippen molar-refractivity contribution >= 4 is 12.6 Å². The van der Waals surface area contributed by atoms with Gasteiger partial charge in [-0.25, -0.2) is 0 Å². The van der Waals surface area contributed by atoms with Crippen LogP contribution in [0.3, 0.4) is 0 Å². The maximum atomic E-state index is 5.71. The maximum Gasteiger partial charge on any atom is 0.0270 e. The van der Waals surface area contributed by atoms with Crippen LogP contribution in [0.5, 0.6) is 0 Å². The Morgan fingerprint density at radius 3 is 2.14 bits per heavy atom. The fourth-order valence-electron chi connectivity index (χ4n) is 0.562. The summed E-state index contributed by atoms with van der Waals surface area (Å²) in [5.41, 5.74) is 5.83. The highest BCUT2D eigenvalue weighted by molar-refractivity contribution is 7.81. The van der Waals surface area contributed by atoms with E-state index in [1.807, 2.05) is 0 Å². The van der Waals surface area contributed by atoms with Gasteiger partial charge in [-0.15, -0.1) is 0 Å². The zero-order valence-corrected chi connectivity index (χ0v) is 5.41. The third-order valence-electron chi connectivity index (χ3n) is 1.66. The number of nitrogens with two attached hydrogens (primary N) is 1. The molecule has 2 N–H and O–H groups in total. The second-order valence-corrected chi connectivity index (χ2v) is 3.18. The molecule has 1 aliphatic carbocycles. The Balaban J connectivity index is 2.39. The summed E-state index contributed by atoms with van der Waals surface area (Å²) < 4.78 is 0. The molecule has 1 fully saturated rings. The average molecular weight is 117 g/mol. The molecule has 0 bridgehead atoms. The first-order chi connectivity index (χ1) is 3.15. The van der Waals surface area contributed by atoms with Crippen molar-refractivity contribution in [3.8, 4) is 0 Å². The van der Waals surface area contributed by atoms with Gasteiger partial charge in [0.2, 0.25) is 0 Å². The predicted molar refractivity (Wildman–Crippen MR) is 34.6 cm³/mol. The van der Waals surface area contributed by atoms with Gasteiger partial charge in [-0.05, 0) is 12.8 Å². The lowest BCUT2D eigenvalue weighted by atomic mass is 10.2. The minimum atomic E-state index is 0.114. The van der Waals surface area contributed by atoms with Crippen LogP contribution in [-0.2, 0) is 0 Å². The van der Waals surface area contributed by atoms with E-state index < -0.39 is 0 Å². The van der Waals surface area contributed by atoms with Gasteiger partial charge in [-0.2, -0.15) is 12.6 Å². The molecular formula is C5H11NS. The van der Waals surface area contributed by atoms with E-state index in [9.17, 15) is 0 Å². The van der Waals surface area contributed by atoms with Crippen LogP contribution in [0.1, 0.15) is 19.8 Å². The first kappa shape index (κ1) is 5.45. The van der Waals surface area contributed by atoms with Crippen molar-refractivity contribution in [1.29, 1.82) is 0 Å². The third-order valence-corrected chi connectivity index (χ3v) is 2.17. The van der Waals surface area contributed by atoms with E-state index in [-0.39, 0.29) is 5.54 Å². The zero-order valence-electron chi connectivity index (χ0n) is 4.52. The zero-order chi connectivity index (χ0) is 5.49. The molecule has 0 radical (unpaired) electrons. The summed E-state index contributed by atoms with van der Waals surface area (Å²) in [6.07, 6.45) is 2.33. The van der Waals surface area contributed by atoms with Gasteiger partial charge < -0.3 is 5.73 Å². The molecule has 2 heteroatoms. The molecule has 0 spiro atoms. The minimum absolute atomic E-state index is 0.114. The smallest absolute Gasteiger partial charge is 0.0270 e. The molecule has 1 saturated carbocycles. The molecule has 0 heterocycles. The van der Waals surface area contributed by atoms with Crippen LogP contribution in [0.15, 0.2) is 0 Å². The fourth-order valence-corrected chi connectivity index (χ4v) is 0.820. The van der Waals surface area contributed by atoms with Gasteiger partial charge in [0.25, 0.3) is 0 Å². The summed E-state index contributed by atoms with van der Waals surface area (Å²) in [5, 5.41) is 0.382. The number of hydrogen-bond acceptors (Lipinski definition) is 2. The standard InChI is InChI=1S/C5H11NS/c1-4(7)5(6)2-3-5/h4,7H,2-3,6H2,1H3. The van der Waals surface area contributed by atoms with Crippen LogP contribution in [0, 0.1) is 0 Å². The summed E-state index contributed by atoms with van der Waals surface area (Å²) in [6, 6.07) is 0. The van der Waals surface area contributed by atoms with E-state index in [4.69, 9.17) is 5.73 Å². The molecular weight excluding hydrogens is 106 g/mol. The molecule has 42 valence electrons. The van der Waals surface area contributed by atoms with Crippen molar-refractivity contribution in [2.24, 2.45) is 5.73 Å². The Labute approximate surface area is 49.7 Å². The predicted octanol–water partition coefficient (Wildman–Crippen LogP) is 0.796. The van der Waals surface area contributed by atoms with E-state index in [0.717, 1.165) is 12.8 Å². The molecule has 7 heavy (non-hydrogen) atoms. The molecule has 0 aromatic rings. The van der Waals surface area contributed by atoms with Gasteiger partial charge in [0, 0.05) is 10.8 Å². The Kier molecular flexibility index (Phi) is 1.08. The van der Waals surface area contributed by atoms with Crippen molar-refractivity contribution in [2.45, 2.75) is 30.6 Å². The molecule has 0 aromatic heterocycles. The van der Waals surface area contributed by atoms with Crippen LogP contribution in [-0.4, -0.2) is 10.8 Å². The van der Waals surface area contributed by atoms with Crippen LogP contribution in [0.25, 0.3) is 0 Å². The lowest BCUT2D eigenvalue weighted by Gasteiger charge is -2.10. The summed E-state index contributed by atoms with van der Waals surface area (Å²) in [4.78, 5) is 0. The minimum Gasteiger partial charge on any atom is -0.324 e. The molecule has 0 amide bonds. The van der Waals surface area contributed by atoms with E-state index in [1.165, 1.54) is 0 Å². The van der Waals surface area contributed by atoms with E-state index in [0.29, 0.717) is 5.25 Å². The highest BCUT2D eigenvalue weighted by Crippen LogP contribution is 2.37. The van der Waals surface area contributed by atoms with E-state index >= 15 is 0 Å². The van der Waals surface area contributed by atoms with Crippen LogP contribution in [0.4, 0.5) is 0 Å². The van der Waals surface area contributed by atoms with E-state index in [1.54, 1.807) is 0 Å². The molecule has 1 rings (SSSR count). The van der Waals surface area contributed by atoms with Crippen LogP contribution < -0.4 is 5.73 Å². The summed E-state index contributed by atoms with van der Waals surface area (Å²) in [5.74, 6) is 0. The Hall–Kier alpha value is 0.310. The van der Waals surface area contributed by atoms with Crippen molar-refractivity contribution in [2.75, 3.05) is 0 Å². The lowest BCUT2D eigenvalue weighted by molar-refractivity contribution is 0.670. The summed E-state index contributed by atoms with van der Waals surface area (Å²) in [7, 11) is 0. The van der Waals surface area contributed by atoms with Crippen LogP contribution in [0.2, 0.25) is 0 Å². The molecule has 1 unspecified atom stereocenters. The largest absolute Gasteiger partial charge is 0.324 e. The molecule has 1 nitrogen and oxygen atoms in total. The maximum absolute atomic E-state index is 5.71. The lowest BCUT2D eigenvalue weighted by Crippen LogP contribution is -2.30. The highest BCUT2D eigenvalue weighted by atomic mass is 32.1. The first-order valence-corrected chi connectivity index (χ1v) is 3.14. The second-order valence-electron chi connectivity index (χ2n) is 2.41. The molecule has 0 saturated heterocycles. The van der Waals surface area contributed by atoms with Crippen molar-refractivity contribution in [3.05, 3.63) is 0 Å². The molecule has 0 aromatic carbocycles. The Morgan fingerprint density at radius 1 is 1.71 bits per heavy atom. The number of rotatable bonds is 1. The van der Waals surface area contributed by atoms with Gasteiger partial charge in [-0.1, -0.05) is 6.92 Å². The molecule has 1 atom stereocenters. The second kappa shape index (κ2) is 1.39. The Morgan fingerprint density at radius 2 is 2.14 bits per heavy atom. The fraction of sp³-hybridized carbons (Fsp3) is 1.00. The third kappa shape index (κ3) is 0.916. The highest BCUT2D eigenvalue weighted by Gasteiger charge is 2.41. The Bertz CT molecular complexity index is 76.1. The quantitative estimate of drug-likeness (QED) is 0.488. The summed E-state index contributed by atoms with van der Waals surface area (Å²) in [6.45, 7) is 2.05. The average Bonchev–Trinajstić information content (AvgIpc) is 2.21. The van der Waals surface area contributed by atoms with Gasteiger partial charge in [0.05, 0.1) is 0 Å². The SMILES string of the molecule is CC(S)C1(N)CC1. The van der Waals surface area contributed by atoms with Crippen molar-refractivity contribution in [1.82, 2.24) is 0 Å². The van der Waals surface area contributed by atoms with Crippen molar-refractivity contribution < 1.29 is 0 Å². The topological polar surface area (TPSA) is 26.0 Å². The monoisotopic (exact) mass is 117 g/mol. The normalized spacial score (nSPS) is 29.6. The van der Waals surface area contributed by atoms with Crippen molar-refractivity contribution in [3.63, 3.8) is 0 Å². The summed E-state index contributed by atoms with van der Waals surface area (Å²) >= 11 is 4.22.